The van der Waals surface area contributed by atoms with E-state index in [0.717, 1.165) is 0 Å². The summed E-state index contributed by atoms with van der Waals surface area (Å²) in [5, 5.41) is 0.380. The van der Waals surface area contributed by atoms with Crippen LogP contribution in [-0.2, 0) is 9.47 Å². The Bertz CT molecular complexity index is 396. The maximum atomic E-state index is 11.5. The van der Waals surface area contributed by atoms with Crippen molar-refractivity contribution in [3.05, 3.63) is 28.0 Å². The zero-order valence-electron chi connectivity index (χ0n) is 9.57. The minimum Gasteiger partial charge on any atom is -0.460 e. The van der Waals surface area contributed by atoms with E-state index in [0.29, 0.717) is 6.61 Å². The Morgan fingerprint density at radius 3 is 2.71 bits per heavy atom. The van der Waals surface area contributed by atoms with Crippen LogP contribution in [0.15, 0.2) is 12.3 Å². The van der Waals surface area contributed by atoms with Crippen LogP contribution in [-0.4, -0.2) is 30.3 Å². The van der Waals surface area contributed by atoms with Gasteiger partial charge in [0.1, 0.15) is 11.8 Å². The number of halogens is 2. The van der Waals surface area contributed by atoms with Crippen LogP contribution in [0.5, 0.6) is 0 Å². The third-order valence-corrected chi connectivity index (χ3v) is 2.49. The summed E-state index contributed by atoms with van der Waals surface area (Å²) in [6.07, 6.45) is 1.43. The fourth-order valence-corrected chi connectivity index (χ4v) is 1.30. The highest BCUT2D eigenvalue weighted by atomic mass is 35.5. The lowest BCUT2D eigenvalue weighted by atomic mass is 10.3. The van der Waals surface area contributed by atoms with Crippen LogP contribution < -0.4 is 0 Å². The smallest absolute Gasteiger partial charge is 0.339 e. The number of carbonyl (C=O) groups is 1. The van der Waals surface area contributed by atoms with Gasteiger partial charge in [-0.2, -0.15) is 0 Å². The number of pyridine rings is 1. The van der Waals surface area contributed by atoms with Gasteiger partial charge in [0.25, 0.3) is 0 Å². The van der Waals surface area contributed by atoms with Crippen LogP contribution in [0.1, 0.15) is 24.2 Å². The molecular formula is C11H13Cl2NO3. The molecule has 17 heavy (non-hydrogen) atoms. The molecule has 0 bridgehead atoms. The number of hydrogen-bond donors (Lipinski definition) is 0. The maximum Gasteiger partial charge on any atom is 0.339 e. The molecule has 0 unspecified atom stereocenters. The normalized spacial score (nSPS) is 10.6. The van der Waals surface area contributed by atoms with Gasteiger partial charge in [-0.15, -0.1) is 0 Å². The molecule has 0 saturated carbocycles. The summed E-state index contributed by atoms with van der Waals surface area (Å²) in [6, 6.07) is 1.42. The van der Waals surface area contributed by atoms with Gasteiger partial charge in [0, 0.05) is 6.20 Å². The summed E-state index contributed by atoms with van der Waals surface area (Å²) in [4.78, 5) is 15.3. The number of ether oxygens (including phenoxy) is 2. The van der Waals surface area contributed by atoms with Gasteiger partial charge < -0.3 is 9.47 Å². The van der Waals surface area contributed by atoms with Gasteiger partial charge in [-0.3, -0.25) is 0 Å². The zero-order valence-corrected chi connectivity index (χ0v) is 11.1. The van der Waals surface area contributed by atoms with Crippen molar-refractivity contribution in [2.24, 2.45) is 0 Å². The predicted molar refractivity (Wildman–Crippen MR) is 65.6 cm³/mol. The van der Waals surface area contributed by atoms with Crippen molar-refractivity contribution in [3.8, 4) is 0 Å². The molecule has 6 heteroatoms. The second kappa shape index (κ2) is 6.79. The van der Waals surface area contributed by atoms with Crippen molar-refractivity contribution in [3.63, 3.8) is 0 Å². The molecular weight excluding hydrogens is 265 g/mol. The molecule has 0 aliphatic rings. The van der Waals surface area contributed by atoms with Gasteiger partial charge in [0.15, 0.2) is 0 Å². The lowest BCUT2D eigenvalue weighted by Gasteiger charge is -2.08. The molecule has 0 saturated heterocycles. The maximum absolute atomic E-state index is 11.5. The Kier molecular flexibility index (Phi) is 5.68. The fraction of sp³-hybridized carbons (Fsp3) is 0.455. The molecule has 94 valence electrons. The Morgan fingerprint density at radius 2 is 2.12 bits per heavy atom. The Labute approximate surface area is 110 Å². The number of carbonyl (C=O) groups excluding carboxylic acids is 1. The first-order valence-corrected chi connectivity index (χ1v) is 5.86. The van der Waals surface area contributed by atoms with E-state index < -0.39 is 5.97 Å². The van der Waals surface area contributed by atoms with Gasteiger partial charge in [0.05, 0.1) is 23.3 Å². The van der Waals surface area contributed by atoms with Crippen molar-refractivity contribution < 1.29 is 14.3 Å². The largest absolute Gasteiger partial charge is 0.460 e. The molecule has 4 nitrogen and oxygen atoms in total. The highest BCUT2D eigenvalue weighted by Gasteiger charge is 2.10. The zero-order chi connectivity index (χ0) is 12.8. The number of esters is 1. The van der Waals surface area contributed by atoms with E-state index in [9.17, 15) is 4.79 Å². The number of hydrogen-bond acceptors (Lipinski definition) is 4. The van der Waals surface area contributed by atoms with Crippen molar-refractivity contribution in [1.29, 1.82) is 0 Å². The first-order chi connectivity index (χ1) is 8.00. The second-order valence-corrected chi connectivity index (χ2v) is 4.32. The quantitative estimate of drug-likeness (QED) is 0.472. The highest BCUT2D eigenvalue weighted by Crippen LogP contribution is 2.19. The van der Waals surface area contributed by atoms with Crippen LogP contribution in [0, 0.1) is 0 Å². The molecule has 1 aromatic rings. The number of rotatable bonds is 5. The van der Waals surface area contributed by atoms with Gasteiger partial charge >= 0.3 is 5.97 Å². The SMILES string of the molecule is CC(C)OCCOC(=O)c1cnc(Cl)c(Cl)c1. The molecule has 0 amide bonds. The van der Waals surface area contributed by atoms with Crippen molar-refractivity contribution in [1.82, 2.24) is 4.98 Å². The molecule has 1 aromatic heterocycles. The molecule has 0 aliphatic heterocycles. The lowest BCUT2D eigenvalue weighted by Crippen LogP contribution is -2.13. The Hall–Kier alpha value is -0.840. The fourth-order valence-electron chi connectivity index (χ4n) is 1.03. The van der Waals surface area contributed by atoms with Crippen molar-refractivity contribution in [2.45, 2.75) is 20.0 Å². The number of nitrogens with zero attached hydrogens (tertiary/aromatic N) is 1. The van der Waals surface area contributed by atoms with E-state index in [1.165, 1.54) is 12.3 Å². The van der Waals surface area contributed by atoms with Crippen LogP contribution >= 0.6 is 23.2 Å². The van der Waals surface area contributed by atoms with Gasteiger partial charge in [-0.1, -0.05) is 23.2 Å². The molecule has 0 radical (unpaired) electrons. The van der Waals surface area contributed by atoms with E-state index in [1.54, 1.807) is 0 Å². The first-order valence-electron chi connectivity index (χ1n) is 5.10. The molecule has 0 atom stereocenters. The molecule has 0 spiro atoms. The van der Waals surface area contributed by atoms with Crippen LogP contribution in [0.3, 0.4) is 0 Å². The molecule has 1 heterocycles. The van der Waals surface area contributed by atoms with Crippen molar-refractivity contribution >= 4 is 29.2 Å². The summed E-state index contributed by atoms with van der Waals surface area (Å²) in [5.74, 6) is -0.497. The summed E-state index contributed by atoms with van der Waals surface area (Å²) in [7, 11) is 0. The first kappa shape index (κ1) is 14.2. The molecule has 0 aliphatic carbocycles. The van der Waals surface area contributed by atoms with Crippen LogP contribution in [0.2, 0.25) is 10.2 Å². The van der Waals surface area contributed by atoms with Gasteiger partial charge in [0.2, 0.25) is 0 Å². The van der Waals surface area contributed by atoms with E-state index in [4.69, 9.17) is 32.7 Å². The van der Waals surface area contributed by atoms with Crippen LogP contribution in [0.4, 0.5) is 0 Å². The predicted octanol–water partition coefficient (Wildman–Crippen LogP) is 2.97. The summed E-state index contributed by atoms with van der Waals surface area (Å²) < 4.78 is 10.2. The third-order valence-electron chi connectivity index (χ3n) is 1.80. The van der Waals surface area contributed by atoms with E-state index in [-0.39, 0.29) is 28.5 Å². The average Bonchev–Trinajstić information content (AvgIpc) is 2.27. The third kappa shape index (κ3) is 4.89. The highest BCUT2D eigenvalue weighted by molar-refractivity contribution is 6.41. The lowest BCUT2D eigenvalue weighted by molar-refractivity contribution is 0.0176. The minimum absolute atomic E-state index is 0.111. The van der Waals surface area contributed by atoms with E-state index in [1.807, 2.05) is 13.8 Å². The second-order valence-electron chi connectivity index (χ2n) is 3.55. The topological polar surface area (TPSA) is 48.4 Å². The number of aromatic nitrogens is 1. The summed E-state index contributed by atoms with van der Waals surface area (Å²) >= 11 is 11.4. The monoisotopic (exact) mass is 277 g/mol. The van der Waals surface area contributed by atoms with Gasteiger partial charge in [-0.25, -0.2) is 9.78 Å². The summed E-state index contributed by atoms with van der Waals surface area (Å²) in [5.41, 5.74) is 0.268. The molecule has 1 rings (SSSR count). The van der Waals surface area contributed by atoms with Crippen molar-refractivity contribution in [2.75, 3.05) is 13.2 Å². The van der Waals surface area contributed by atoms with E-state index >= 15 is 0 Å². The van der Waals surface area contributed by atoms with Crippen LogP contribution in [0.25, 0.3) is 0 Å². The van der Waals surface area contributed by atoms with E-state index in [2.05, 4.69) is 4.98 Å². The summed E-state index contributed by atoms with van der Waals surface area (Å²) in [6.45, 7) is 4.37. The average molecular weight is 278 g/mol. The Morgan fingerprint density at radius 1 is 1.41 bits per heavy atom. The molecule has 0 aromatic carbocycles. The molecule has 0 fully saturated rings. The standard InChI is InChI=1S/C11H13Cl2NO3/c1-7(2)16-3-4-17-11(15)8-5-9(12)10(13)14-6-8/h5-7H,3-4H2,1-2H3. The molecule has 0 N–H and O–H groups in total. The minimum atomic E-state index is -0.497. The van der Waals surface area contributed by atoms with Gasteiger partial charge in [-0.05, 0) is 19.9 Å². The Balaban J connectivity index is 2.44.